The van der Waals surface area contributed by atoms with Gasteiger partial charge in [-0.25, -0.2) is 0 Å². The number of rotatable bonds is 4. The molecule has 0 amide bonds. The Morgan fingerprint density at radius 3 is 2.81 bits per heavy atom. The van der Waals surface area contributed by atoms with Crippen LogP contribution in [0.3, 0.4) is 0 Å². The van der Waals surface area contributed by atoms with Gasteiger partial charge in [0.15, 0.2) is 0 Å². The Morgan fingerprint density at radius 1 is 1.56 bits per heavy atom. The highest BCUT2D eigenvalue weighted by molar-refractivity contribution is 7.99. The van der Waals surface area contributed by atoms with Crippen LogP contribution < -0.4 is 5.73 Å². The van der Waals surface area contributed by atoms with Crippen LogP contribution in [0.4, 0.5) is 0 Å². The molecule has 1 aromatic rings. The topological polar surface area (TPSA) is 49.8 Å². The second-order valence-electron chi connectivity index (χ2n) is 4.48. The van der Waals surface area contributed by atoms with Crippen LogP contribution in [-0.4, -0.2) is 10.8 Å². The molecule has 0 bridgehead atoms. The van der Waals surface area contributed by atoms with E-state index in [9.17, 15) is 0 Å². The number of nitriles is 1. The first-order chi connectivity index (χ1) is 7.43. The predicted octanol–water partition coefficient (Wildman–Crippen LogP) is 3.11. The third-order valence-electron chi connectivity index (χ3n) is 2.29. The van der Waals surface area contributed by atoms with E-state index in [0.29, 0.717) is 11.7 Å². The zero-order valence-electron chi connectivity index (χ0n) is 10.0. The zero-order valence-corrected chi connectivity index (χ0v) is 10.8. The van der Waals surface area contributed by atoms with Crippen LogP contribution in [-0.2, 0) is 0 Å². The van der Waals surface area contributed by atoms with Gasteiger partial charge < -0.3 is 5.73 Å². The van der Waals surface area contributed by atoms with Crippen molar-refractivity contribution in [3.8, 4) is 6.07 Å². The monoisotopic (exact) mass is 234 g/mol. The van der Waals surface area contributed by atoms with E-state index < -0.39 is 5.54 Å². The van der Waals surface area contributed by atoms with Crippen molar-refractivity contribution < 1.29 is 0 Å². The fourth-order valence-electron chi connectivity index (χ4n) is 1.61. The summed E-state index contributed by atoms with van der Waals surface area (Å²) in [6, 6.07) is 10.5. The number of aryl methyl sites for hydroxylation is 1. The van der Waals surface area contributed by atoms with Crippen LogP contribution >= 0.6 is 11.8 Å². The van der Waals surface area contributed by atoms with E-state index in [-0.39, 0.29) is 0 Å². The summed E-state index contributed by atoms with van der Waals surface area (Å²) in [5.74, 6) is 0. The molecule has 16 heavy (non-hydrogen) atoms. The normalized spacial score (nSPS) is 16.2. The van der Waals surface area contributed by atoms with E-state index in [4.69, 9.17) is 11.0 Å². The molecular weight excluding hydrogens is 216 g/mol. The minimum Gasteiger partial charge on any atom is -0.314 e. The van der Waals surface area contributed by atoms with Gasteiger partial charge in [-0.15, -0.1) is 11.8 Å². The summed E-state index contributed by atoms with van der Waals surface area (Å²) < 4.78 is 0. The molecule has 2 unspecified atom stereocenters. The largest absolute Gasteiger partial charge is 0.314 e. The summed E-state index contributed by atoms with van der Waals surface area (Å²) in [5, 5.41) is 9.21. The van der Waals surface area contributed by atoms with Crippen molar-refractivity contribution in [1.82, 2.24) is 0 Å². The van der Waals surface area contributed by atoms with Crippen molar-refractivity contribution in [2.75, 3.05) is 0 Å². The van der Waals surface area contributed by atoms with E-state index in [0.717, 1.165) is 0 Å². The molecule has 0 saturated heterocycles. The van der Waals surface area contributed by atoms with Crippen LogP contribution in [0.2, 0.25) is 0 Å². The molecular formula is C13H18N2S. The van der Waals surface area contributed by atoms with Gasteiger partial charge in [-0.3, -0.25) is 0 Å². The van der Waals surface area contributed by atoms with E-state index >= 15 is 0 Å². The molecule has 0 spiro atoms. The van der Waals surface area contributed by atoms with Crippen molar-refractivity contribution in [3.63, 3.8) is 0 Å². The number of hydrogen-bond acceptors (Lipinski definition) is 3. The maximum absolute atomic E-state index is 8.87. The minimum absolute atomic E-state index is 0.344. The number of hydrogen-bond donors (Lipinski definition) is 1. The quantitative estimate of drug-likeness (QED) is 0.814. The van der Waals surface area contributed by atoms with Crippen molar-refractivity contribution >= 4 is 11.8 Å². The first-order valence-electron chi connectivity index (χ1n) is 5.36. The lowest BCUT2D eigenvalue weighted by Crippen LogP contribution is -2.36. The van der Waals surface area contributed by atoms with E-state index in [2.05, 4.69) is 44.2 Å². The Bertz CT molecular complexity index is 393. The molecule has 2 nitrogen and oxygen atoms in total. The van der Waals surface area contributed by atoms with Crippen LogP contribution in [0, 0.1) is 18.3 Å². The smallest absolute Gasteiger partial charge is 0.102 e. The third-order valence-corrected chi connectivity index (χ3v) is 3.39. The molecule has 0 aliphatic carbocycles. The molecule has 2 N–H and O–H groups in total. The summed E-state index contributed by atoms with van der Waals surface area (Å²) in [7, 11) is 0. The Kier molecular flexibility index (Phi) is 4.40. The lowest BCUT2D eigenvalue weighted by atomic mass is 10.00. The van der Waals surface area contributed by atoms with E-state index in [1.807, 2.05) is 0 Å². The van der Waals surface area contributed by atoms with Crippen LogP contribution in [0.25, 0.3) is 0 Å². The lowest BCUT2D eigenvalue weighted by Gasteiger charge is -2.20. The molecule has 3 heteroatoms. The van der Waals surface area contributed by atoms with E-state index in [1.54, 1.807) is 18.7 Å². The Morgan fingerprint density at radius 2 is 2.25 bits per heavy atom. The number of nitrogens with zero attached hydrogens (tertiary/aromatic N) is 1. The average Bonchev–Trinajstić information content (AvgIpc) is 2.16. The highest BCUT2D eigenvalue weighted by atomic mass is 32.2. The third kappa shape index (κ3) is 4.26. The van der Waals surface area contributed by atoms with Crippen molar-refractivity contribution in [2.45, 2.75) is 42.9 Å². The summed E-state index contributed by atoms with van der Waals surface area (Å²) in [5.41, 5.74) is 6.36. The van der Waals surface area contributed by atoms with Crippen LogP contribution in [0.15, 0.2) is 29.2 Å². The first kappa shape index (κ1) is 13.1. The Labute approximate surface area is 102 Å². The second kappa shape index (κ2) is 5.38. The van der Waals surface area contributed by atoms with Crippen LogP contribution in [0.5, 0.6) is 0 Å². The Balaban J connectivity index is 2.59. The van der Waals surface area contributed by atoms with Crippen molar-refractivity contribution in [3.05, 3.63) is 29.8 Å². The molecule has 0 aliphatic heterocycles. The summed E-state index contributed by atoms with van der Waals surface area (Å²) >= 11 is 1.77. The van der Waals surface area contributed by atoms with Gasteiger partial charge >= 0.3 is 0 Å². The van der Waals surface area contributed by atoms with Gasteiger partial charge in [0.05, 0.1) is 6.07 Å². The predicted molar refractivity (Wildman–Crippen MR) is 69.3 cm³/mol. The molecule has 86 valence electrons. The van der Waals surface area contributed by atoms with Gasteiger partial charge in [0.1, 0.15) is 5.54 Å². The molecule has 0 fully saturated rings. The molecule has 0 aromatic heterocycles. The van der Waals surface area contributed by atoms with Crippen molar-refractivity contribution in [1.29, 1.82) is 5.26 Å². The molecule has 0 heterocycles. The summed E-state index contributed by atoms with van der Waals surface area (Å²) in [6.07, 6.45) is 0.697. The molecule has 1 rings (SSSR count). The van der Waals surface area contributed by atoms with Crippen molar-refractivity contribution in [2.24, 2.45) is 5.73 Å². The Hall–Kier alpha value is -0.980. The maximum Gasteiger partial charge on any atom is 0.102 e. The van der Waals surface area contributed by atoms with E-state index in [1.165, 1.54) is 10.5 Å². The number of thioether (sulfide) groups is 1. The SMILES string of the molecule is Cc1cccc(SC(C)CC(C)(N)C#N)c1. The molecule has 0 radical (unpaired) electrons. The standard InChI is InChI=1S/C13H18N2S/c1-10-5-4-6-12(7-10)16-11(2)8-13(3,15)9-14/h4-7,11H,8,15H2,1-3H3. The van der Waals surface area contributed by atoms with Crippen LogP contribution in [0.1, 0.15) is 25.8 Å². The fourth-order valence-corrected chi connectivity index (χ4v) is 2.91. The van der Waals surface area contributed by atoms with Gasteiger partial charge in [0.2, 0.25) is 0 Å². The number of nitrogens with two attached hydrogens (primary N) is 1. The maximum atomic E-state index is 8.87. The molecule has 2 atom stereocenters. The average molecular weight is 234 g/mol. The number of benzene rings is 1. The van der Waals surface area contributed by atoms with Gasteiger partial charge in [-0.1, -0.05) is 24.6 Å². The highest BCUT2D eigenvalue weighted by Crippen LogP contribution is 2.28. The van der Waals surface area contributed by atoms with Gasteiger partial charge in [0, 0.05) is 10.1 Å². The summed E-state index contributed by atoms with van der Waals surface area (Å²) in [6.45, 7) is 5.97. The molecule has 1 aromatic carbocycles. The first-order valence-corrected chi connectivity index (χ1v) is 6.24. The molecule has 0 aliphatic rings. The highest BCUT2D eigenvalue weighted by Gasteiger charge is 2.21. The minimum atomic E-state index is -0.726. The fraction of sp³-hybridized carbons (Fsp3) is 0.462. The molecule has 0 saturated carbocycles. The zero-order chi connectivity index (χ0) is 12.2. The summed E-state index contributed by atoms with van der Waals surface area (Å²) in [4.78, 5) is 1.24. The van der Waals surface area contributed by atoms with Gasteiger partial charge in [0.25, 0.3) is 0 Å². The van der Waals surface area contributed by atoms with Gasteiger partial charge in [-0.05, 0) is 32.4 Å². The second-order valence-corrected chi connectivity index (χ2v) is 5.99. The lowest BCUT2D eigenvalue weighted by molar-refractivity contribution is 0.545. The van der Waals surface area contributed by atoms with Gasteiger partial charge in [-0.2, -0.15) is 5.26 Å².